The topological polar surface area (TPSA) is 12.0 Å². The highest BCUT2D eigenvalue weighted by Gasteiger charge is 2.38. The van der Waals surface area contributed by atoms with E-state index in [0.717, 1.165) is 11.6 Å². The molecule has 0 unspecified atom stereocenters. The molecule has 0 amide bonds. The molecule has 33 heavy (non-hydrogen) atoms. The van der Waals surface area contributed by atoms with Gasteiger partial charge in [-0.3, -0.25) is 0 Å². The Balaban J connectivity index is 1.41. The molecule has 1 saturated carbocycles. The van der Waals surface area contributed by atoms with Crippen molar-refractivity contribution in [3.63, 3.8) is 0 Å². The first-order valence-corrected chi connectivity index (χ1v) is 12.9. The molecule has 0 spiro atoms. The van der Waals surface area contributed by atoms with Crippen molar-refractivity contribution < 1.29 is 0 Å². The summed E-state index contributed by atoms with van der Waals surface area (Å²) in [5.41, 5.74) is 10.1. The number of hydrogen-bond donors (Lipinski definition) is 1. The molecular formula is C32H39N. The molecular weight excluding hydrogens is 398 g/mol. The SMILES string of the molecule is CC1(C)CCC(C)(C)c2c(-c3ccc(Nc4cccc(C5CCCCC5)c4)cc3)cccc21. The molecule has 0 radical (unpaired) electrons. The lowest BCUT2D eigenvalue weighted by atomic mass is 9.61. The van der Waals surface area contributed by atoms with Gasteiger partial charge in [-0.1, -0.05) is 89.4 Å². The summed E-state index contributed by atoms with van der Waals surface area (Å²) in [6.07, 6.45) is 9.32. The predicted molar refractivity (Wildman–Crippen MR) is 143 cm³/mol. The van der Waals surface area contributed by atoms with E-state index in [1.54, 1.807) is 5.56 Å². The Labute approximate surface area is 200 Å². The minimum Gasteiger partial charge on any atom is -0.356 e. The summed E-state index contributed by atoms with van der Waals surface area (Å²) < 4.78 is 0. The van der Waals surface area contributed by atoms with Gasteiger partial charge in [0.05, 0.1) is 0 Å². The fraction of sp³-hybridized carbons (Fsp3) is 0.438. The molecule has 3 aromatic rings. The zero-order valence-corrected chi connectivity index (χ0v) is 20.9. The van der Waals surface area contributed by atoms with Crippen LogP contribution in [0.15, 0.2) is 66.7 Å². The van der Waals surface area contributed by atoms with Gasteiger partial charge in [-0.2, -0.15) is 0 Å². The molecule has 5 rings (SSSR count). The van der Waals surface area contributed by atoms with E-state index in [1.165, 1.54) is 72.9 Å². The Bertz CT molecular complexity index is 1110. The fourth-order valence-corrected chi connectivity index (χ4v) is 6.18. The molecule has 1 heteroatoms. The second-order valence-electron chi connectivity index (χ2n) is 11.7. The first-order valence-electron chi connectivity index (χ1n) is 12.9. The number of fused-ring (bicyclic) bond motifs is 1. The van der Waals surface area contributed by atoms with E-state index in [0.29, 0.717) is 0 Å². The molecule has 0 aromatic heterocycles. The van der Waals surface area contributed by atoms with Crippen LogP contribution in [0.3, 0.4) is 0 Å². The van der Waals surface area contributed by atoms with Gasteiger partial charge in [0.1, 0.15) is 0 Å². The van der Waals surface area contributed by atoms with Crippen LogP contribution >= 0.6 is 0 Å². The first kappa shape index (κ1) is 22.3. The molecule has 1 N–H and O–H groups in total. The van der Waals surface area contributed by atoms with Crippen molar-refractivity contribution in [2.24, 2.45) is 0 Å². The fourth-order valence-electron chi connectivity index (χ4n) is 6.18. The number of hydrogen-bond acceptors (Lipinski definition) is 1. The maximum absolute atomic E-state index is 3.65. The van der Waals surface area contributed by atoms with Crippen molar-refractivity contribution in [2.45, 2.75) is 89.4 Å². The molecule has 1 fully saturated rings. The third-order valence-corrected chi connectivity index (χ3v) is 8.29. The molecule has 0 heterocycles. The quantitative estimate of drug-likeness (QED) is 0.428. The van der Waals surface area contributed by atoms with Crippen molar-refractivity contribution in [3.8, 4) is 11.1 Å². The normalized spacial score (nSPS) is 19.6. The average Bonchev–Trinajstić information content (AvgIpc) is 2.83. The van der Waals surface area contributed by atoms with Gasteiger partial charge in [-0.15, -0.1) is 0 Å². The predicted octanol–water partition coefficient (Wildman–Crippen LogP) is 9.49. The number of nitrogens with one attached hydrogen (secondary N) is 1. The molecule has 1 nitrogen and oxygen atoms in total. The monoisotopic (exact) mass is 437 g/mol. The van der Waals surface area contributed by atoms with Crippen LogP contribution in [0.4, 0.5) is 11.4 Å². The van der Waals surface area contributed by atoms with Gasteiger partial charge in [0.2, 0.25) is 0 Å². The van der Waals surface area contributed by atoms with Crippen LogP contribution in [0.25, 0.3) is 11.1 Å². The summed E-state index contributed by atoms with van der Waals surface area (Å²) in [5, 5.41) is 3.65. The van der Waals surface area contributed by atoms with Crippen LogP contribution in [-0.4, -0.2) is 0 Å². The minimum atomic E-state index is 0.206. The maximum atomic E-state index is 3.65. The van der Waals surface area contributed by atoms with Gasteiger partial charge in [0.15, 0.2) is 0 Å². The molecule has 172 valence electrons. The maximum Gasteiger partial charge on any atom is 0.0387 e. The Kier molecular flexibility index (Phi) is 5.85. The van der Waals surface area contributed by atoms with Crippen LogP contribution in [0.2, 0.25) is 0 Å². The number of anilines is 2. The summed E-state index contributed by atoms with van der Waals surface area (Å²) in [7, 11) is 0. The van der Waals surface area contributed by atoms with Crippen LogP contribution in [0.1, 0.15) is 95.2 Å². The smallest absolute Gasteiger partial charge is 0.0387 e. The average molecular weight is 438 g/mol. The molecule has 2 aliphatic carbocycles. The highest BCUT2D eigenvalue weighted by atomic mass is 14.9. The Morgan fingerprint density at radius 2 is 1.39 bits per heavy atom. The Morgan fingerprint density at radius 1 is 0.697 bits per heavy atom. The van der Waals surface area contributed by atoms with E-state index in [2.05, 4.69) is 99.7 Å². The van der Waals surface area contributed by atoms with Gasteiger partial charge in [0.25, 0.3) is 0 Å². The second kappa shape index (κ2) is 8.67. The summed E-state index contributed by atoms with van der Waals surface area (Å²) in [4.78, 5) is 0. The zero-order valence-electron chi connectivity index (χ0n) is 20.9. The lowest BCUT2D eigenvalue weighted by molar-refractivity contribution is 0.333. The van der Waals surface area contributed by atoms with Crippen LogP contribution in [-0.2, 0) is 10.8 Å². The first-order chi connectivity index (χ1) is 15.8. The van der Waals surface area contributed by atoms with Crippen LogP contribution < -0.4 is 5.32 Å². The van der Waals surface area contributed by atoms with E-state index in [1.807, 2.05) is 0 Å². The largest absolute Gasteiger partial charge is 0.356 e. The van der Waals surface area contributed by atoms with Gasteiger partial charge in [0, 0.05) is 11.4 Å². The molecule has 2 aliphatic rings. The van der Waals surface area contributed by atoms with E-state index >= 15 is 0 Å². The highest BCUT2D eigenvalue weighted by Crippen LogP contribution is 2.49. The highest BCUT2D eigenvalue weighted by molar-refractivity contribution is 5.74. The zero-order chi connectivity index (χ0) is 23.1. The number of benzene rings is 3. The standard InChI is InChI=1S/C32H39N/c1-31(2)20-21-32(3,4)30-28(14-9-15-29(30)31)24-16-18-26(19-17-24)33-27-13-8-12-25(22-27)23-10-6-5-7-11-23/h8-9,12-19,22-23,33H,5-7,10-11,20-21H2,1-4H3. The third-order valence-electron chi connectivity index (χ3n) is 8.29. The summed E-state index contributed by atoms with van der Waals surface area (Å²) >= 11 is 0. The molecule has 0 atom stereocenters. The van der Waals surface area contributed by atoms with Crippen molar-refractivity contribution in [3.05, 3.63) is 83.4 Å². The summed E-state index contributed by atoms with van der Waals surface area (Å²) in [6.45, 7) is 9.64. The Morgan fingerprint density at radius 3 is 2.15 bits per heavy atom. The van der Waals surface area contributed by atoms with Gasteiger partial charge < -0.3 is 5.32 Å². The van der Waals surface area contributed by atoms with Crippen molar-refractivity contribution in [1.82, 2.24) is 0 Å². The van der Waals surface area contributed by atoms with E-state index < -0.39 is 0 Å². The molecule has 0 saturated heterocycles. The lowest BCUT2D eigenvalue weighted by Gasteiger charge is -2.43. The molecule has 3 aromatic carbocycles. The van der Waals surface area contributed by atoms with E-state index in [4.69, 9.17) is 0 Å². The second-order valence-corrected chi connectivity index (χ2v) is 11.7. The summed E-state index contributed by atoms with van der Waals surface area (Å²) in [5.74, 6) is 0.736. The Hall–Kier alpha value is -2.54. The van der Waals surface area contributed by atoms with E-state index in [-0.39, 0.29) is 10.8 Å². The van der Waals surface area contributed by atoms with Crippen LogP contribution in [0.5, 0.6) is 0 Å². The molecule has 0 bridgehead atoms. The van der Waals surface area contributed by atoms with Crippen molar-refractivity contribution in [1.29, 1.82) is 0 Å². The van der Waals surface area contributed by atoms with Crippen LogP contribution in [0, 0.1) is 0 Å². The summed E-state index contributed by atoms with van der Waals surface area (Å²) in [6, 6.07) is 25.1. The van der Waals surface area contributed by atoms with Crippen molar-refractivity contribution in [2.75, 3.05) is 5.32 Å². The van der Waals surface area contributed by atoms with Crippen molar-refractivity contribution >= 4 is 11.4 Å². The van der Waals surface area contributed by atoms with E-state index in [9.17, 15) is 0 Å². The van der Waals surface area contributed by atoms with Gasteiger partial charge in [-0.05, 0) is 94.5 Å². The minimum absolute atomic E-state index is 0.206. The number of rotatable bonds is 4. The van der Waals surface area contributed by atoms with Gasteiger partial charge in [-0.25, -0.2) is 0 Å². The third kappa shape index (κ3) is 4.47. The van der Waals surface area contributed by atoms with Gasteiger partial charge >= 0.3 is 0 Å². The molecule has 0 aliphatic heterocycles. The lowest BCUT2D eigenvalue weighted by Crippen LogP contribution is -2.34.